The van der Waals surface area contributed by atoms with Crippen molar-refractivity contribution < 1.29 is 14.6 Å². The Kier molecular flexibility index (Phi) is 4.42. The highest BCUT2D eigenvalue weighted by Crippen LogP contribution is 2.29. The third-order valence-electron chi connectivity index (χ3n) is 2.62. The summed E-state index contributed by atoms with van der Waals surface area (Å²) in [5, 5.41) is 9.29. The van der Waals surface area contributed by atoms with Crippen LogP contribution in [0, 0.1) is 0 Å². The number of ether oxygens (including phenoxy) is 1. The molecule has 2 aromatic carbocycles. The van der Waals surface area contributed by atoms with Crippen molar-refractivity contribution in [2.75, 3.05) is 0 Å². The van der Waals surface area contributed by atoms with Gasteiger partial charge in [0.2, 0.25) is 0 Å². The molecule has 0 aliphatic carbocycles. The number of hydrogen-bond donors (Lipinski definition) is 1. The minimum atomic E-state index is -0.910. The molecule has 1 N–H and O–H groups in total. The fraction of sp³-hybridized carbons (Fsp3) is 0.133. The van der Waals surface area contributed by atoms with Crippen LogP contribution in [0.4, 0.5) is 0 Å². The second-order valence-electron chi connectivity index (χ2n) is 4.07. The van der Waals surface area contributed by atoms with Crippen molar-refractivity contribution in [1.82, 2.24) is 0 Å². The summed E-state index contributed by atoms with van der Waals surface area (Å²) in [5.74, 6) is -0.470. The van der Waals surface area contributed by atoms with Gasteiger partial charge >= 0.3 is 5.97 Å². The Hall–Kier alpha value is -2.00. The predicted octanol–water partition coefficient (Wildman–Crippen LogP) is 3.55. The van der Waals surface area contributed by atoms with Crippen molar-refractivity contribution in [3.8, 4) is 5.75 Å². The zero-order valence-electron chi connectivity index (χ0n) is 10.2. The van der Waals surface area contributed by atoms with E-state index in [0.29, 0.717) is 22.9 Å². The maximum absolute atomic E-state index is 10.8. The van der Waals surface area contributed by atoms with Crippen LogP contribution >= 0.6 is 11.6 Å². The minimum absolute atomic E-state index is 0.106. The van der Waals surface area contributed by atoms with Gasteiger partial charge in [0.25, 0.3) is 0 Å². The number of carboxylic acid groups (broad SMARTS) is 1. The second kappa shape index (κ2) is 6.25. The lowest BCUT2D eigenvalue weighted by molar-refractivity contribution is -0.136. The molecule has 0 fully saturated rings. The second-order valence-corrected chi connectivity index (χ2v) is 4.48. The predicted molar refractivity (Wildman–Crippen MR) is 73.6 cm³/mol. The van der Waals surface area contributed by atoms with E-state index in [1.165, 1.54) is 0 Å². The normalized spacial score (nSPS) is 10.2. The third kappa shape index (κ3) is 3.73. The molecule has 0 bridgehead atoms. The van der Waals surface area contributed by atoms with Crippen LogP contribution in [0.2, 0.25) is 5.02 Å². The highest BCUT2D eigenvalue weighted by Gasteiger charge is 2.11. The van der Waals surface area contributed by atoms with Crippen molar-refractivity contribution in [2.45, 2.75) is 13.0 Å². The van der Waals surface area contributed by atoms with E-state index >= 15 is 0 Å². The number of hydrogen-bond acceptors (Lipinski definition) is 2. The van der Waals surface area contributed by atoms with Crippen LogP contribution in [0.3, 0.4) is 0 Å². The number of halogens is 1. The Morgan fingerprint density at radius 3 is 2.53 bits per heavy atom. The van der Waals surface area contributed by atoms with Gasteiger partial charge in [-0.2, -0.15) is 0 Å². The maximum Gasteiger partial charge on any atom is 0.307 e. The van der Waals surface area contributed by atoms with E-state index in [9.17, 15) is 4.79 Å². The number of carbonyl (C=O) groups is 1. The zero-order valence-corrected chi connectivity index (χ0v) is 10.9. The molecule has 0 saturated heterocycles. The van der Waals surface area contributed by atoms with Crippen molar-refractivity contribution in [2.24, 2.45) is 0 Å². The smallest absolute Gasteiger partial charge is 0.307 e. The van der Waals surface area contributed by atoms with Gasteiger partial charge in [0, 0.05) is 5.56 Å². The number of aliphatic carboxylic acids is 1. The van der Waals surface area contributed by atoms with Crippen LogP contribution in [-0.4, -0.2) is 11.1 Å². The molecule has 0 saturated carbocycles. The molecule has 0 aliphatic rings. The van der Waals surface area contributed by atoms with Crippen molar-refractivity contribution in [3.05, 3.63) is 64.7 Å². The summed E-state index contributed by atoms with van der Waals surface area (Å²) in [5.41, 5.74) is 1.58. The first-order valence-corrected chi connectivity index (χ1v) is 6.20. The average molecular weight is 277 g/mol. The van der Waals surface area contributed by atoms with Gasteiger partial charge in [-0.15, -0.1) is 0 Å². The van der Waals surface area contributed by atoms with E-state index < -0.39 is 5.97 Å². The van der Waals surface area contributed by atoms with Crippen LogP contribution in [0.25, 0.3) is 0 Å². The molecule has 0 unspecified atom stereocenters. The summed E-state index contributed by atoms with van der Waals surface area (Å²) in [6.07, 6.45) is -0.106. The molecule has 0 radical (unpaired) electrons. The Bertz CT molecular complexity index is 567. The van der Waals surface area contributed by atoms with Crippen LogP contribution in [0.5, 0.6) is 5.75 Å². The van der Waals surface area contributed by atoms with Crippen molar-refractivity contribution >= 4 is 17.6 Å². The standard InChI is InChI=1S/C15H13ClO3/c16-13-8-4-7-12(9-14(17)18)15(13)19-10-11-5-2-1-3-6-11/h1-8H,9-10H2,(H,17,18). The topological polar surface area (TPSA) is 46.5 Å². The molecule has 2 aromatic rings. The summed E-state index contributed by atoms with van der Waals surface area (Å²) >= 11 is 6.06. The molecular formula is C15H13ClO3. The summed E-state index contributed by atoms with van der Waals surface area (Å²) in [4.78, 5) is 10.8. The summed E-state index contributed by atoms with van der Waals surface area (Å²) in [7, 11) is 0. The molecule has 0 heterocycles. The lowest BCUT2D eigenvalue weighted by Gasteiger charge is -2.12. The van der Waals surface area contributed by atoms with Gasteiger partial charge in [0.1, 0.15) is 12.4 Å². The van der Waals surface area contributed by atoms with Gasteiger partial charge in [-0.3, -0.25) is 4.79 Å². The fourth-order valence-corrected chi connectivity index (χ4v) is 2.00. The Morgan fingerprint density at radius 2 is 1.84 bits per heavy atom. The van der Waals surface area contributed by atoms with E-state index in [1.807, 2.05) is 30.3 Å². The molecule has 2 rings (SSSR count). The van der Waals surface area contributed by atoms with Crippen LogP contribution in [-0.2, 0) is 17.8 Å². The van der Waals surface area contributed by atoms with Gasteiger partial charge in [0.15, 0.2) is 0 Å². The van der Waals surface area contributed by atoms with Gasteiger partial charge in [0.05, 0.1) is 11.4 Å². The summed E-state index contributed by atoms with van der Waals surface area (Å²) in [6, 6.07) is 14.8. The van der Waals surface area contributed by atoms with Gasteiger partial charge < -0.3 is 9.84 Å². The molecular weight excluding hydrogens is 264 g/mol. The van der Waals surface area contributed by atoms with Crippen LogP contribution in [0.1, 0.15) is 11.1 Å². The van der Waals surface area contributed by atoms with E-state index in [-0.39, 0.29) is 6.42 Å². The van der Waals surface area contributed by atoms with E-state index in [1.54, 1.807) is 18.2 Å². The highest BCUT2D eigenvalue weighted by molar-refractivity contribution is 6.32. The lowest BCUT2D eigenvalue weighted by atomic mass is 10.1. The van der Waals surface area contributed by atoms with Crippen LogP contribution < -0.4 is 4.74 Å². The van der Waals surface area contributed by atoms with Gasteiger partial charge in [-0.1, -0.05) is 54.1 Å². The Balaban J connectivity index is 2.17. The molecule has 19 heavy (non-hydrogen) atoms. The molecule has 4 heteroatoms. The molecule has 0 atom stereocenters. The molecule has 0 spiro atoms. The first kappa shape index (κ1) is 13.4. The molecule has 3 nitrogen and oxygen atoms in total. The number of para-hydroxylation sites is 1. The molecule has 0 amide bonds. The number of benzene rings is 2. The van der Waals surface area contributed by atoms with Crippen molar-refractivity contribution in [1.29, 1.82) is 0 Å². The summed E-state index contributed by atoms with van der Waals surface area (Å²) in [6.45, 7) is 0.358. The highest BCUT2D eigenvalue weighted by atomic mass is 35.5. The molecule has 0 aliphatic heterocycles. The third-order valence-corrected chi connectivity index (χ3v) is 2.91. The lowest BCUT2D eigenvalue weighted by Crippen LogP contribution is -2.04. The van der Waals surface area contributed by atoms with Crippen LogP contribution in [0.15, 0.2) is 48.5 Å². The first-order valence-electron chi connectivity index (χ1n) is 5.82. The van der Waals surface area contributed by atoms with Crippen molar-refractivity contribution in [3.63, 3.8) is 0 Å². The fourth-order valence-electron chi connectivity index (χ4n) is 1.75. The quantitative estimate of drug-likeness (QED) is 0.908. The average Bonchev–Trinajstić information content (AvgIpc) is 2.38. The largest absolute Gasteiger partial charge is 0.487 e. The number of rotatable bonds is 5. The monoisotopic (exact) mass is 276 g/mol. The summed E-state index contributed by atoms with van der Waals surface area (Å²) < 4.78 is 5.66. The maximum atomic E-state index is 10.8. The minimum Gasteiger partial charge on any atom is -0.487 e. The van der Waals surface area contributed by atoms with E-state index in [2.05, 4.69) is 0 Å². The first-order chi connectivity index (χ1) is 9.16. The SMILES string of the molecule is O=C(O)Cc1cccc(Cl)c1OCc1ccccc1. The van der Waals surface area contributed by atoms with E-state index in [4.69, 9.17) is 21.4 Å². The Morgan fingerprint density at radius 1 is 1.11 bits per heavy atom. The Labute approximate surface area is 116 Å². The van der Waals surface area contributed by atoms with Gasteiger partial charge in [-0.05, 0) is 11.6 Å². The number of carboxylic acids is 1. The molecule has 0 aromatic heterocycles. The molecule has 98 valence electrons. The zero-order chi connectivity index (χ0) is 13.7. The van der Waals surface area contributed by atoms with Gasteiger partial charge in [-0.25, -0.2) is 0 Å². The van der Waals surface area contributed by atoms with E-state index in [0.717, 1.165) is 5.56 Å².